The van der Waals surface area contributed by atoms with E-state index < -0.39 is 0 Å². The quantitative estimate of drug-likeness (QED) is 0.183. The van der Waals surface area contributed by atoms with E-state index in [0.29, 0.717) is 0 Å². The third-order valence-corrected chi connectivity index (χ3v) is 10.9. The maximum absolute atomic E-state index is 2.43. The summed E-state index contributed by atoms with van der Waals surface area (Å²) in [5, 5.41) is 7.86. The largest absolute Gasteiger partial charge is 0.309 e. The molecule has 1 nitrogen and oxygen atoms in total. The van der Waals surface area contributed by atoms with Crippen LogP contribution in [-0.4, -0.2) is 4.57 Å². The number of fused-ring (bicyclic) bond motifs is 8. The van der Waals surface area contributed by atoms with Gasteiger partial charge in [-0.3, -0.25) is 0 Å². The number of rotatable bonds is 4. The summed E-state index contributed by atoms with van der Waals surface area (Å²) in [4.78, 5) is 0. The van der Waals surface area contributed by atoms with Crippen molar-refractivity contribution in [2.45, 2.75) is 0 Å². The fourth-order valence-electron chi connectivity index (χ4n) is 7.48. The molecule has 224 valence electrons. The second kappa shape index (κ2) is 10.8. The Labute approximate surface area is 282 Å². The highest BCUT2D eigenvalue weighted by Crippen LogP contribution is 2.42. The first-order valence-electron chi connectivity index (χ1n) is 16.4. The van der Waals surface area contributed by atoms with Gasteiger partial charge in [-0.05, 0) is 105 Å². The van der Waals surface area contributed by atoms with E-state index in [-0.39, 0.29) is 0 Å². The molecule has 10 rings (SSSR count). The molecule has 0 aliphatic carbocycles. The van der Waals surface area contributed by atoms with Crippen LogP contribution in [0.4, 0.5) is 0 Å². The molecule has 0 aliphatic heterocycles. The summed E-state index contributed by atoms with van der Waals surface area (Å²) < 4.78 is 5.11. The van der Waals surface area contributed by atoms with Crippen molar-refractivity contribution in [3.63, 3.8) is 0 Å². The molecule has 48 heavy (non-hydrogen) atoms. The van der Waals surface area contributed by atoms with Crippen molar-refractivity contribution in [3.05, 3.63) is 176 Å². The second-order valence-corrected chi connectivity index (χ2v) is 13.6. The molecule has 2 heteroatoms. The Morgan fingerprint density at radius 2 is 0.917 bits per heavy atom. The van der Waals surface area contributed by atoms with Gasteiger partial charge in [0.25, 0.3) is 0 Å². The normalized spacial score (nSPS) is 11.8. The minimum Gasteiger partial charge on any atom is -0.309 e. The highest BCUT2D eigenvalue weighted by Gasteiger charge is 2.17. The molecular weight excluding hydrogens is 599 g/mol. The van der Waals surface area contributed by atoms with Gasteiger partial charge in [0.05, 0.1) is 11.0 Å². The monoisotopic (exact) mass is 627 g/mol. The summed E-state index contributed by atoms with van der Waals surface area (Å²) in [6.07, 6.45) is 0. The number of thiophene rings is 1. The van der Waals surface area contributed by atoms with Crippen LogP contribution in [0.5, 0.6) is 0 Å². The highest BCUT2D eigenvalue weighted by molar-refractivity contribution is 7.25. The second-order valence-electron chi connectivity index (χ2n) is 12.6. The van der Waals surface area contributed by atoms with Gasteiger partial charge in [-0.2, -0.15) is 0 Å². The number of aromatic nitrogens is 1. The van der Waals surface area contributed by atoms with Crippen molar-refractivity contribution in [1.82, 2.24) is 4.57 Å². The molecule has 0 atom stereocenters. The predicted molar refractivity (Wildman–Crippen MR) is 207 cm³/mol. The van der Waals surface area contributed by atoms with Gasteiger partial charge in [0.15, 0.2) is 0 Å². The van der Waals surface area contributed by atoms with Gasteiger partial charge < -0.3 is 4.57 Å². The first kappa shape index (κ1) is 27.2. The average molecular weight is 628 g/mol. The smallest absolute Gasteiger partial charge is 0.0547 e. The van der Waals surface area contributed by atoms with Crippen LogP contribution in [0.2, 0.25) is 0 Å². The van der Waals surface area contributed by atoms with Gasteiger partial charge in [0.1, 0.15) is 0 Å². The fourth-order valence-corrected chi connectivity index (χ4v) is 8.62. The van der Waals surface area contributed by atoms with Crippen molar-refractivity contribution in [2.24, 2.45) is 0 Å². The summed E-state index contributed by atoms with van der Waals surface area (Å²) in [7, 11) is 0. The van der Waals surface area contributed by atoms with Gasteiger partial charge in [-0.25, -0.2) is 0 Å². The molecule has 2 aromatic heterocycles. The van der Waals surface area contributed by atoms with Crippen molar-refractivity contribution in [3.8, 4) is 39.1 Å². The summed E-state index contributed by atoms with van der Waals surface area (Å²) in [5.41, 5.74) is 10.9. The Balaban J connectivity index is 1.14. The lowest BCUT2D eigenvalue weighted by molar-refractivity contribution is 1.18. The summed E-state index contributed by atoms with van der Waals surface area (Å²) >= 11 is 1.88. The molecule has 0 N–H and O–H groups in total. The Morgan fingerprint density at radius 3 is 1.60 bits per heavy atom. The molecule has 0 radical (unpaired) electrons. The standard InChI is InChI=1S/C46H29NS/c1-3-11-30(12-4-1)34-25-35(31-13-5-2-6-14-31)27-36(26-34)32-19-22-37(23-20-32)47-42-17-9-7-16-39(42)46-40-29-41-38-15-8-10-18-44(38)48-45(41)28-33(40)21-24-43(46)47/h1-29H. The lowest BCUT2D eigenvalue weighted by Crippen LogP contribution is -1.94. The zero-order valence-electron chi connectivity index (χ0n) is 26.1. The van der Waals surface area contributed by atoms with Crippen molar-refractivity contribution in [1.29, 1.82) is 0 Å². The molecule has 0 saturated heterocycles. The third-order valence-electron chi connectivity index (χ3n) is 9.76. The van der Waals surface area contributed by atoms with Gasteiger partial charge in [-0.15, -0.1) is 11.3 Å². The molecule has 10 aromatic rings. The lowest BCUT2D eigenvalue weighted by atomic mass is 9.93. The fraction of sp³-hybridized carbons (Fsp3) is 0. The zero-order valence-corrected chi connectivity index (χ0v) is 26.9. The SMILES string of the molecule is c1ccc(-c2cc(-c3ccccc3)cc(-c3ccc(-n4c5ccccc5c5c6cc7c(cc6ccc54)sc4ccccc47)cc3)c2)cc1. The van der Waals surface area contributed by atoms with Crippen LogP contribution < -0.4 is 0 Å². The number of para-hydroxylation sites is 1. The molecule has 0 saturated carbocycles. The molecule has 0 spiro atoms. The van der Waals surface area contributed by atoms with E-state index in [9.17, 15) is 0 Å². The van der Waals surface area contributed by atoms with E-state index in [1.165, 1.54) is 86.1 Å². The Bertz CT molecular complexity index is 2750. The van der Waals surface area contributed by atoms with Gasteiger partial charge in [0, 0.05) is 36.6 Å². The van der Waals surface area contributed by atoms with E-state index in [1.807, 2.05) is 11.3 Å². The molecular formula is C46H29NS. The molecule has 0 unspecified atom stereocenters. The maximum atomic E-state index is 2.43. The lowest BCUT2D eigenvalue weighted by Gasteiger charge is -2.13. The maximum Gasteiger partial charge on any atom is 0.0547 e. The van der Waals surface area contributed by atoms with Crippen LogP contribution in [-0.2, 0) is 0 Å². The van der Waals surface area contributed by atoms with Crippen LogP contribution >= 0.6 is 11.3 Å². The van der Waals surface area contributed by atoms with Gasteiger partial charge in [-0.1, -0.05) is 115 Å². The third kappa shape index (κ3) is 4.31. The van der Waals surface area contributed by atoms with E-state index in [2.05, 4.69) is 180 Å². The van der Waals surface area contributed by atoms with Crippen LogP contribution in [0, 0.1) is 0 Å². The molecule has 0 aliphatic rings. The molecule has 0 bridgehead atoms. The molecule has 0 amide bonds. The Kier molecular flexibility index (Phi) is 6.12. The summed E-state index contributed by atoms with van der Waals surface area (Å²) in [6.45, 7) is 0. The van der Waals surface area contributed by atoms with Gasteiger partial charge >= 0.3 is 0 Å². The van der Waals surface area contributed by atoms with E-state index >= 15 is 0 Å². The Hall–Kier alpha value is -5.96. The topological polar surface area (TPSA) is 4.93 Å². The minimum absolute atomic E-state index is 1.16. The number of hydrogen-bond acceptors (Lipinski definition) is 1. The van der Waals surface area contributed by atoms with Crippen molar-refractivity contribution in [2.75, 3.05) is 0 Å². The van der Waals surface area contributed by atoms with E-state index in [4.69, 9.17) is 0 Å². The molecule has 0 fully saturated rings. The van der Waals surface area contributed by atoms with Crippen LogP contribution in [0.3, 0.4) is 0 Å². The minimum atomic E-state index is 1.16. The molecule has 8 aromatic carbocycles. The summed E-state index contributed by atoms with van der Waals surface area (Å²) in [5.74, 6) is 0. The number of nitrogens with zero attached hydrogens (tertiary/aromatic N) is 1. The Morgan fingerprint density at radius 1 is 0.333 bits per heavy atom. The van der Waals surface area contributed by atoms with Gasteiger partial charge in [0.2, 0.25) is 0 Å². The zero-order chi connectivity index (χ0) is 31.6. The predicted octanol–water partition coefficient (Wildman–Crippen LogP) is 13.3. The van der Waals surface area contributed by atoms with E-state index in [1.54, 1.807) is 0 Å². The average Bonchev–Trinajstić information content (AvgIpc) is 3.70. The van der Waals surface area contributed by atoms with Crippen LogP contribution in [0.1, 0.15) is 0 Å². The van der Waals surface area contributed by atoms with Crippen molar-refractivity contribution < 1.29 is 0 Å². The first-order valence-corrected chi connectivity index (χ1v) is 17.2. The van der Waals surface area contributed by atoms with Crippen LogP contribution in [0.25, 0.3) is 91.8 Å². The van der Waals surface area contributed by atoms with Crippen molar-refractivity contribution >= 4 is 64.1 Å². The molecule has 2 heterocycles. The summed E-state index contributed by atoms with van der Waals surface area (Å²) in [6, 6.07) is 64.4. The van der Waals surface area contributed by atoms with Crippen LogP contribution in [0.15, 0.2) is 176 Å². The first-order chi connectivity index (χ1) is 23.8. The highest BCUT2D eigenvalue weighted by atomic mass is 32.1. The number of benzene rings is 8. The number of hydrogen-bond donors (Lipinski definition) is 0. The van der Waals surface area contributed by atoms with E-state index in [0.717, 1.165) is 5.69 Å².